The van der Waals surface area contributed by atoms with Crippen LogP contribution in [0.15, 0.2) is 41.4 Å². The van der Waals surface area contributed by atoms with Gasteiger partial charge in [0.05, 0.1) is 0 Å². The highest BCUT2D eigenvalue weighted by Gasteiger charge is 2.03. The molecule has 0 aliphatic heterocycles. The summed E-state index contributed by atoms with van der Waals surface area (Å²) in [5.41, 5.74) is 4.56. The zero-order valence-corrected chi connectivity index (χ0v) is 17.1. The fourth-order valence-electron chi connectivity index (χ4n) is 2.61. The third-order valence-corrected chi connectivity index (χ3v) is 3.68. The van der Waals surface area contributed by atoms with Gasteiger partial charge in [-0.2, -0.15) is 0 Å². The van der Waals surface area contributed by atoms with E-state index in [1.54, 1.807) is 13.1 Å². The van der Waals surface area contributed by atoms with E-state index < -0.39 is 5.82 Å². The monoisotopic (exact) mass is 457 g/mol. The van der Waals surface area contributed by atoms with Crippen LogP contribution in [-0.4, -0.2) is 24.7 Å². The molecular formula is C19H25FIN3O. The maximum Gasteiger partial charge on any atom is 0.191 e. The quantitative estimate of drug-likeness (QED) is 0.365. The Morgan fingerprint density at radius 3 is 2.32 bits per heavy atom. The highest BCUT2D eigenvalue weighted by atomic mass is 127. The van der Waals surface area contributed by atoms with Gasteiger partial charge >= 0.3 is 0 Å². The van der Waals surface area contributed by atoms with Crippen LogP contribution in [0.1, 0.15) is 22.3 Å². The second kappa shape index (κ2) is 10.2. The van der Waals surface area contributed by atoms with Gasteiger partial charge in [0.2, 0.25) is 0 Å². The number of nitrogens with zero attached hydrogens (tertiary/aromatic N) is 1. The second-order valence-electron chi connectivity index (χ2n) is 5.88. The van der Waals surface area contributed by atoms with Gasteiger partial charge in [-0.1, -0.05) is 35.4 Å². The number of benzene rings is 2. The standard InChI is InChI=1S/C19H24FN3O.HI/c1-13-8-14(2)10-15(9-13)6-7-22-19(21-3)23-12-16-4-5-18(24)17(20)11-16;/h4-5,8-11,24H,6-7,12H2,1-3H3,(H2,21,22,23);1H. The van der Waals surface area contributed by atoms with Crippen molar-refractivity contribution in [3.8, 4) is 5.75 Å². The van der Waals surface area contributed by atoms with Crippen molar-refractivity contribution >= 4 is 29.9 Å². The van der Waals surface area contributed by atoms with Crippen molar-refractivity contribution in [3.05, 3.63) is 64.5 Å². The molecule has 0 fully saturated rings. The van der Waals surface area contributed by atoms with Crippen molar-refractivity contribution in [2.24, 2.45) is 4.99 Å². The third-order valence-electron chi connectivity index (χ3n) is 3.68. The lowest BCUT2D eigenvalue weighted by molar-refractivity contribution is 0.431. The number of halogens is 2. The highest BCUT2D eigenvalue weighted by Crippen LogP contribution is 2.15. The molecule has 0 radical (unpaired) electrons. The van der Waals surface area contributed by atoms with E-state index >= 15 is 0 Å². The zero-order valence-electron chi connectivity index (χ0n) is 14.8. The largest absolute Gasteiger partial charge is 0.505 e. The maximum atomic E-state index is 13.3. The van der Waals surface area contributed by atoms with Crippen LogP contribution in [0.5, 0.6) is 5.75 Å². The number of aromatic hydroxyl groups is 1. The lowest BCUT2D eigenvalue weighted by Gasteiger charge is -2.12. The van der Waals surface area contributed by atoms with Crippen molar-refractivity contribution in [2.45, 2.75) is 26.8 Å². The lowest BCUT2D eigenvalue weighted by Crippen LogP contribution is -2.37. The molecule has 2 aromatic carbocycles. The van der Waals surface area contributed by atoms with E-state index in [1.807, 2.05) is 0 Å². The van der Waals surface area contributed by atoms with Crippen LogP contribution in [0, 0.1) is 19.7 Å². The Morgan fingerprint density at radius 1 is 1.04 bits per heavy atom. The van der Waals surface area contributed by atoms with E-state index in [4.69, 9.17) is 0 Å². The average Bonchev–Trinajstić information content (AvgIpc) is 2.53. The highest BCUT2D eigenvalue weighted by molar-refractivity contribution is 14.0. The van der Waals surface area contributed by atoms with Crippen LogP contribution in [0.4, 0.5) is 4.39 Å². The first kappa shape index (κ1) is 21.2. The first-order chi connectivity index (χ1) is 11.5. The minimum atomic E-state index is -0.618. The first-order valence-corrected chi connectivity index (χ1v) is 7.97. The minimum Gasteiger partial charge on any atom is -0.505 e. The van der Waals surface area contributed by atoms with E-state index in [2.05, 4.69) is 47.7 Å². The molecule has 3 N–H and O–H groups in total. The summed E-state index contributed by atoms with van der Waals surface area (Å²) in [6.07, 6.45) is 0.900. The number of phenolic OH excluding ortho intramolecular Hbond substituents is 1. The van der Waals surface area contributed by atoms with Crippen LogP contribution in [0.2, 0.25) is 0 Å². The molecule has 0 saturated carbocycles. The Hall–Kier alpha value is -1.83. The van der Waals surface area contributed by atoms with Crippen LogP contribution in [-0.2, 0) is 13.0 Å². The van der Waals surface area contributed by atoms with E-state index in [1.165, 1.54) is 28.8 Å². The van der Waals surface area contributed by atoms with Gasteiger partial charge in [0.25, 0.3) is 0 Å². The van der Waals surface area contributed by atoms with E-state index in [9.17, 15) is 9.50 Å². The Balaban J connectivity index is 0.00000312. The number of phenols is 1. The molecule has 25 heavy (non-hydrogen) atoms. The van der Waals surface area contributed by atoms with Crippen molar-refractivity contribution in [2.75, 3.05) is 13.6 Å². The smallest absolute Gasteiger partial charge is 0.191 e. The number of aryl methyl sites for hydroxylation is 2. The van der Waals surface area contributed by atoms with Crippen molar-refractivity contribution in [3.63, 3.8) is 0 Å². The molecule has 0 amide bonds. The molecule has 0 unspecified atom stereocenters. The zero-order chi connectivity index (χ0) is 17.5. The van der Waals surface area contributed by atoms with Gasteiger partial charge in [-0.15, -0.1) is 24.0 Å². The number of aliphatic imine (C=N–C) groups is 1. The van der Waals surface area contributed by atoms with E-state index in [0.29, 0.717) is 12.5 Å². The third kappa shape index (κ3) is 6.89. The maximum absolute atomic E-state index is 13.3. The molecule has 0 atom stereocenters. The Labute approximate surface area is 165 Å². The van der Waals surface area contributed by atoms with Crippen LogP contribution >= 0.6 is 24.0 Å². The SMILES string of the molecule is CN=C(NCCc1cc(C)cc(C)c1)NCc1ccc(O)c(F)c1.I. The topological polar surface area (TPSA) is 56.7 Å². The van der Waals surface area contributed by atoms with Gasteiger partial charge < -0.3 is 15.7 Å². The normalized spacial score (nSPS) is 11.0. The fraction of sp³-hybridized carbons (Fsp3) is 0.316. The summed E-state index contributed by atoms with van der Waals surface area (Å²) in [5, 5.41) is 15.6. The molecule has 0 heterocycles. The average molecular weight is 457 g/mol. The van der Waals surface area contributed by atoms with Crippen molar-refractivity contribution in [1.82, 2.24) is 10.6 Å². The fourth-order valence-corrected chi connectivity index (χ4v) is 2.61. The van der Waals surface area contributed by atoms with Gasteiger partial charge in [-0.3, -0.25) is 4.99 Å². The predicted octanol–water partition coefficient (Wildman–Crippen LogP) is 3.67. The molecule has 0 aliphatic rings. The lowest BCUT2D eigenvalue weighted by atomic mass is 10.1. The summed E-state index contributed by atoms with van der Waals surface area (Å²) in [5.74, 6) is -0.297. The molecule has 4 nitrogen and oxygen atoms in total. The minimum absolute atomic E-state index is 0. The molecule has 0 spiro atoms. The van der Waals surface area contributed by atoms with E-state index in [0.717, 1.165) is 18.5 Å². The number of rotatable bonds is 5. The van der Waals surface area contributed by atoms with Crippen molar-refractivity contribution < 1.29 is 9.50 Å². The van der Waals surface area contributed by atoms with Crippen LogP contribution in [0.3, 0.4) is 0 Å². The van der Waals surface area contributed by atoms with Crippen LogP contribution in [0.25, 0.3) is 0 Å². The Morgan fingerprint density at radius 2 is 1.72 bits per heavy atom. The molecule has 136 valence electrons. The Kier molecular flexibility index (Phi) is 8.68. The molecule has 0 aromatic heterocycles. The second-order valence-corrected chi connectivity index (χ2v) is 5.88. The van der Waals surface area contributed by atoms with Gasteiger partial charge in [-0.05, 0) is 43.5 Å². The molecular weight excluding hydrogens is 432 g/mol. The number of nitrogens with one attached hydrogen (secondary N) is 2. The summed E-state index contributed by atoms with van der Waals surface area (Å²) >= 11 is 0. The molecule has 0 aliphatic carbocycles. The molecule has 6 heteroatoms. The summed E-state index contributed by atoms with van der Waals surface area (Å²) in [6.45, 7) is 5.38. The molecule has 0 saturated heterocycles. The van der Waals surface area contributed by atoms with Gasteiger partial charge in [0.1, 0.15) is 0 Å². The summed E-state index contributed by atoms with van der Waals surface area (Å²) in [4.78, 5) is 4.16. The van der Waals surface area contributed by atoms with Gasteiger partial charge in [0, 0.05) is 20.1 Å². The van der Waals surface area contributed by atoms with Crippen LogP contribution < -0.4 is 10.6 Å². The summed E-state index contributed by atoms with van der Waals surface area (Å²) in [6, 6.07) is 10.9. The molecule has 0 bridgehead atoms. The summed E-state index contributed by atoms with van der Waals surface area (Å²) < 4.78 is 13.3. The molecule has 2 rings (SSSR count). The molecule has 2 aromatic rings. The van der Waals surface area contributed by atoms with E-state index in [-0.39, 0.29) is 29.7 Å². The number of hydrogen-bond donors (Lipinski definition) is 3. The predicted molar refractivity (Wildman–Crippen MR) is 111 cm³/mol. The van der Waals surface area contributed by atoms with Gasteiger partial charge in [0.15, 0.2) is 17.5 Å². The number of hydrogen-bond acceptors (Lipinski definition) is 2. The Bertz CT molecular complexity index is 714. The van der Waals surface area contributed by atoms with Gasteiger partial charge in [-0.25, -0.2) is 4.39 Å². The first-order valence-electron chi connectivity index (χ1n) is 7.97. The summed E-state index contributed by atoms with van der Waals surface area (Å²) in [7, 11) is 1.70. The number of guanidine groups is 1. The van der Waals surface area contributed by atoms with Crippen molar-refractivity contribution in [1.29, 1.82) is 0 Å².